The van der Waals surface area contributed by atoms with Crippen molar-refractivity contribution in [2.45, 2.75) is 45.1 Å². The summed E-state index contributed by atoms with van der Waals surface area (Å²) in [6.45, 7) is 4.51. The smallest absolute Gasteiger partial charge is 0.0901 e. The Kier molecular flexibility index (Phi) is 2.53. The monoisotopic (exact) mass is 243 g/mol. The number of nitrogens with one attached hydrogen (secondary N) is 1. The number of fused-ring (bicyclic) bond motifs is 1. The van der Waals surface area contributed by atoms with Crippen LogP contribution in [0, 0.1) is 5.41 Å². The minimum absolute atomic E-state index is 0.236. The van der Waals surface area contributed by atoms with Crippen molar-refractivity contribution in [1.29, 1.82) is 0 Å². The third-order valence-corrected chi connectivity index (χ3v) is 4.31. The van der Waals surface area contributed by atoms with Crippen LogP contribution in [0.4, 0.5) is 0 Å². The Morgan fingerprint density at radius 2 is 2.00 bits per heavy atom. The van der Waals surface area contributed by atoms with Crippen LogP contribution in [0.3, 0.4) is 0 Å². The molecule has 1 aliphatic carbocycles. The van der Waals surface area contributed by atoms with Crippen LogP contribution in [-0.2, 0) is 5.60 Å². The summed E-state index contributed by atoms with van der Waals surface area (Å²) in [5, 5.41) is 12.1. The molecule has 2 N–H and O–H groups in total. The quantitative estimate of drug-likeness (QED) is 0.781. The Hall–Kier alpha value is -1.28. The molecule has 1 fully saturated rings. The minimum Gasteiger partial charge on any atom is -0.385 e. The van der Waals surface area contributed by atoms with Gasteiger partial charge in [0, 0.05) is 11.7 Å². The number of rotatable bonds is 1. The van der Waals surface area contributed by atoms with Gasteiger partial charge in [-0.25, -0.2) is 0 Å². The zero-order chi connectivity index (χ0) is 12.8. The van der Waals surface area contributed by atoms with E-state index in [-0.39, 0.29) is 5.41 Å². The zero-order valence-electron chi connectivity index (χ0n) is 11.2. The third-order valence-electron chi connectivity index (χ3n) is 4.31. The van der Waals surface area contributed by atoms with Crippen molar-refractivity contribution in [1.82, 2.24) is 4.98 Å². The first kappa shape index (κ1) is 11.8. The normalized spacial score (nSPS) is 27.5. The van der Waals surface area contributed by atoms with E-state index >= 15 is 0 Å². The molecule has 0 bridgehead atoms. The molecule has 0 spiro atoms. The zero-order valence-corrected chi connectivity index (χ0v) is 11.2. The first-order valence-corrected chi connectivity index (χ1v) is 6.79. The SMILES string of the molecule is CC1(C)CCCC(O)(c2ccc3[nH]ccc3c2)C1. The largest absolute Gasteiger partial charge is 0.385 e. The summed E-state index contributed by atoms with van der Waals surface area (Å²) in [5.41, 5.74) is 1.80. The van der Waals surface area contributed by atoms with Gasteiger partial charge in [0.25, 0.3) is 0 Å². The van der Waals surface area contributed by atoms with Crippen molar-refractivity contribution in [2.75, 3.05) is 0 Å². The van der Waals surface area contributed by atoms with Gasteiger partial charge in [-0.1, -0.05) is 19.9 Å². The van der Waals surface area contributed by atoms with Crippen LogP contribution in [-0.4, -0.2) is 10.1 Å². The van der Waals surface area contributed by atoms with Crippen LogP contribution in [0.25, 0.3) is 10.9 Å². The summed E-state index contributed by atoms with van der Waals surface area (Å²) in [6, 6.07) is 8.34. The summed E-state index contributed by atoms with van der Waals surface area (Å²) in [6.07, 6.45) is 6.00. The van der Waals surface area contributed by atoms with Gasteiger partial charge in [0.05, 0.1) is 5.60 Å². The van der Waals surface area contributed by atoms with Crippen molar-refractivity contribution < 1.29 is 5.11 Å². The number of aliphatic hydroxyl groups is 1. The predicted octanol–water partition coefficient (Wildman–Crippen LogP) is 3.96. The lowest BCUT2D eigenvalue weighted by Gasteiger charge is -2.42. The Bertz CT molecular complexity index is 569. The molecule has 2 heteroatoms. The number of hydrogen-bond acceptors (Lipinski definition) is 1. The summed E-state index contributed by atoms with van der Waals surface area (Å²) < 4.78 is 0. The number of benzene rings is 1. The van der Waals surface area contributed by atoms with Gasteiger partial charge in [0.2, 0.25) is 0 Å². The van der Waals surface area contributed by atoms with E-state index in [1.807, 2.05) is 6.20 Å². The summed E-state index contributed by atoms with van der Waals surface area (Å²) in [7, 11) is 0. The van der Waals surface area contributed by atoms with Crippen molar-refractivity contribution in [3.05, 3.63) is 36.0 Å². The number of hydrogen-bond donors (Lipinski definition) is 2. The third kappa shape index (κ3) is 1.95. The van der Waals surface area contributed by atoms with Crippen molar-refractivity contribution in [3.8, 4) is 0 Å². The molecule has 1 aliphatic rings. The van der Waals surface area contributed by atoms with Gasteiger partial charge < -0.3 is 10.1 Å². The van der Waals surface area contributed by atoms with Crippen molar-refractivity contribution in [3.63, 3.8) is 0 Å². The van der Waals surface area contributed by atoms with Gasteiger partial charge in [0.15, 0.2) is 0 Å². The topological polar surface area (TPSA) is 36.0 Å². The molecule has 0 saturated heterocycles. The first-order valence-electron chi connectivity index (χ1n) is 6.79. The molecule has 0 aliphatic heterocycles. The molecule has 18 heavy (non-hydrogen) atoms. The fourth-order valence-electron chi connectivity index (χ4n) is 3.42. The Morgan fingerprint density at radius 3 is 2.78 bits per heavy atom. The van der Waals surface area contributed by atoms with Crippen molar-refractivity contribution in [2.24, 2.45) is 5.41 Å². The minimum atomic E-state index is -0.646. The van der Waals surface area contributed by atoms with Crippen LogP contribution >= 0.6 is 0 Å². The lowest BCUT2D eigenvalue weighted by atomic mass is 9.67. The molecule has 96 valence electrons. The van der Waals surface area contributed by atoms with E-state index in [0.29, 0.717) is 0 Å². The lowest BCUT2D eigenvalue weighted by molar-refractivity contribution is -0.0439. The van der Waals surface area contributed by atoms with E-state index in [0.717, 1.165) is 30.3 Å². The molecule has 1 saturated carbocycles. The second kappa shape index (κ2) is 3.86. The van der Waals surface area contributed by atoms with Gasteiger partial charge in [-0.05, 0) is 60.2 Å². The number of H-pyrrole nitrogens is 1. The molecule has 3 rings (SSSR count). The van der Waals surface area contributed by atoms with Crippen LogP contribution < -0.4 is 0 Å². The number of aromatic nitrogens is 1. The lowest BCUT2D eigenvalue weighted by Crippen LogP contribution is -2.36. The molecule has 1 aromatic heterocycles. The van der Waals surface area contributed by atoms with Crippen molar-refractivity contribution >= 4 is 10.9 Å². The van der Waals surface area contributed by atoms with E-state index in [9.17, 15) is 5.11 Å². The Labute approximate surface area is 108 Å². The van der Waals surface area contributed by atoms with E-state index in [4.69, 9.17) is 0 Å². The highest BCUT2D eigenvalue weighted by Gasteiger charge is 2.39. The molecule has 1 unspecified atom stereocenters. The predicted molar refractivity (Wildman–Crippen MR) is 74.4 cm³/mol. The van der Waals surface area contributed by atoms with Crippen LogP contribution in [0.1, 0.15) is 45.1 Å². The highest BCUT2D eigenvalue weighted by atomic mass is 16.3. The number of aromatic amines is 1. The fourth-order valence-corrected chi connectivity index (χ4v) is 3.42. The summed E-state index contributed by atoms with van der Waals surface area (Å²) in [4.78, 5) is 3.20. The first-order chi connectivity index (χ1) is 8.49. The molecule has 1 heterocycles. The molecule has 2 aromatic rings. The molecule has 1 atom stereocenters. The van der Waals surface area contributed by atoms with Crippen LogP contribution in [0.5, 0.6) is 0 Å². The molecular weight excluding hydrogens is 222 g/mol. The van der Waals surface area contributed by atoms with Crippen LogP contribution in [0.15, 0.2) is 30.5 Å². The Balaban J connectivity index is 2.01. The highest BCUT2D eigenvalue weighted by molar-refractivity contribution is 5.80. The average molecular weight is 243 g/mol. The highest BCUT2D eigenvalue weighted by Crippen LogP contribution is 2.46. The van der Waals surface area contributed by atoms with Crippen LogP contribution in [0.2, 0.25) is 0 Å². The van der Waals surface area contributed by atoms with Gasteiger partial charge in [-0.15, -0.1) is 0 Å². The molecule has 0 amide bonds. The van der Waals surface area contributed by atoms with E-state index < -0.39 is 5.60 Å². The second-order valence-corrected chi connectivity index (χ2v) is 6.51. The molecular formula is C16H21NO. The van der Waals surface area contributed by atoms with E-state index in [2.05, 4.69) is 43.1 Å². The maximum Gasteiger partial charge on any atom is 0.0901 e. The standard InChI is InChI=1S/C16H21NO/c1-15(2)7-3-8-16(18,11-15)13-4-5-14-12(10-13)6-9-17-14/h4-6,9-10,17-18H,3,7-8,11H2,1-2H3. The molecule has 0 radical (unpaired) electrons. The summed E-state index contributed by atoms with van der Waals surface area (Å²) >= 11 is 0. The molecule has 2 nitrogen and oxygen atoms in total. The summed E-state index contributed by atoms with van der Waals surface area (Å²) in [5.74, 6) is 0. The average Bonchev–Trinajstić information content (AvgIpc) is 2.73. The van der Waals surface area contributed by atoms with Gasteiger partial charge in [-0.2, -0.15) is 0 Å². The second-order valence-electron chi connectivity index (χ2n) is 6.51. The van der Waals surface area contributed by atoms with E-state index in [1.54, 1.807) is 0 Å². The van der Waals surface area contributed by atoms with Gasteiger partial charge >= 0.3 is 0 Å². The van der Waals surface area contributed by atoms with Gasteiger partial charge in [0.1, 0.15) is 0 Å². The Morgan fingerprint density at radius 1 is 1.17 bits per heavy atom. The fraction of sp³-hybridized carbons (Fsp3) is 0.500. The van der Waals surface area contributed by atoms with Gasteiger partial charge in [-0.3, -0.25) is 0 Å². The molecule has 1 aromatic carbocycles. The maximum atomic E-state index is 11.0. The van der Waals surface area contributed by atoms with E-state index in [1.165, 1.54) is 11.8 Å². The maximum absolute atomic E-state index is 11.0.